The van der Waals surface area contributed by atoms with E-state index in [9.17, 15) is 18.0 Å². The van der Waals surface area contributed by atoms with E-state index in [1.807, 2.05) is 0 Å². The topological polar surface area (TPSA) is 57.8 Å². The number of rotatable bonds is 5. The molecule has 28 heavy (non-hydrogen) atoms. The maximum absolute atomic E-state index is 12.9. The van der Waals surface area contributed by atoms with Crippen molar-refractivity contribution < 1.29 is 18.0 Å². The standard InChI is InChI=1S/C21H18F3N3O/c22-21(23,24)17-3-1-2-16(10-17)19-11-18(26-27-19)14-6-8-15(9-7-14)20(28)25-12-13-4-5-13/h1-3,6-11,13H,4-5,12H2,(H,25,28)(H,26,27). The van der Waals surface area contributed by atoms with Gasteiger partial charge in [-0.2, -0.15) is 18.3 Å². The number of benzene rings is 2. The van der Waals surface area contributed by atoms with E-state index in [0.29, 0.717) is 35.0 Å². The molecule has 1 saturated carbocycles. The van der Waals surface area contributed by atoms with E-state index < -0.39 is 11.7 Å². The Bertz CT molecular complexity index is 989. The number of halogens is 3. The molecule has 0 atom stereocenters. The second-order valence-electron chi connectivity index (χ2n) is 6.98. The van der Waals surface area contributed by atoms with Crippen molar-refractivity contribution in [2.75, 3.05) is 6.54 Å². The number of hydrogen-bond acceptors (Lipinski definition) is 2. The summed E-state index contributed by atoms with van der Waals surface area (Å²) >= 11 is 0. The Balaban J connectivity index is 1.50. The van der Waals surface area contributed by atoms with Crippen molar-refractivity contribution in [1.29, 1.82) is 0 Å². The number of alkyl halides is 3. The Hall–Kier alpha value is -3.09. The van der Waals surface area contributed by atoms with E-state index >= 15 is 0 Å². The van der Waals surface area contributed by atoms with Crippen molar-refractivity contribution in [1.82, 2.24) is 15.5 Å². The molecule has 2 aromatic carbocycles. The lowest BCUT2D eigenvalue weighted by Crippen LogP contribution is -2.25. The van der Waals surface area contributed by atoms with Gasteiger partial charge in [0.1, 0.15) is 0 Å². The predicted molar refractivity (Wildman–Crippen MR) is 99.5 cm³/mol. The first kappa shape index (κ1) is 18.3. The van der Waals surface area contributed by atoms with Crippen LogP contribution in [-0.2, 0) is 6.18 Å². The number of H-pyrrole nitrogens is 1. The average Bonchev–Trinajstić information content (AvgIpc) is 3.39. The zero-order chi connectivity index (χ0) is 19.7. The van der Waals surface area contributed by atoms with Gasteiger partial charge in [-0.25, -0.2) is 0 Å². The molecule has 0 spiro atoms. The molecule has 2 N–H and O–H groups in total. The van der Waals surface area contributed by atoms with Gasteiger partial charge in [0.25, 0.3) is 5.91 Å². The van der Waals surface area contributed by atoms with Crippen molar-refractivity contribution >= 4 is 5.91 Å². The highest BCUT2D eigenvalue weighted by Gasteiger charge is 2.30. The predicted octanol–water partition coefficient (Wildman–Crippen LogP) is 4.90. The third-order valence-electron chi connectivity index (χ3n) is 4.77. The Labute approximate surface area is 159 Å². The minimum atomic E-state index is -4.40. The summed E-state index contributed by atoms with van der Waals surface area (Å²) in [5, 5.41) is 9.88. The largest absolute Gasteiger partial charge is 0.416 e. The van der Waals surface area contributed by atoms with Crippen LogP contribution in [0.25, 0.3) is 22.5 Å². The Morgan fingerprint density at radius 2 is 1.82 bits per heavy atom. The number of amides is 1. The van der Waals surface area contributed by atoms with Crippen LogP contribution >= 0.6 is 0 Å². The molecular formula is C21H18F3N3O. The number of nitrogens with one attached hydrogen (secondary N) is 2. The van der Waals surface area contributed by atoms with Crippen LogP contribution in [-0.4, -0.2) is 22.6 Å². The van der Waals surface area contributed by atoms with E-state index in [4.69, 9.17) is 0 Å². The van der Waals surface area contributed by atoms with Gasteiger partial charge < -0.3 is 5.32 Å². The Morgan fingerprint density at radius 3 is 2.50 bits per heavy atom. The lowest BCUT2D eigenvalue weighted by molar-refractivity contribution is -0.137. The first-order valence-electron chi connectivity index (χ1n) is 9.02. The highest BCUT2D eigenvalue weighted by molar-refractivity contribution is 5.94. The average molecular weight is 385 g/mol. The fourth-order valence-electron chi connectivity index (χ4n) is 2.93. The minimum absolute atomic E-state index is 0.104. The molecule has 1 aliphatic carbocycles. The molecule has 1 fully saturated rings. The molecule has 7 heteroatoms. The lowest BCUT2D eigenvalue weighted by atomic mass is 10.1. The summed E-state index contributed by atoms with van der Waals surface area (Å²) in [5.74, 6) is 0.509. The molecular weight excluding hydrogens is 367 g/mol. The summed E-state index contributed by atoms with van der Waals surface area (Å²) < 4.78 is 38.7. The second kappa shape index (κ2) is 7.14. The van der Waals surface area contributed by atoms with Crippen LogP contribution in [0.5, 0.6) is 0 Å². The monoisotopic (exact) mass is 385 g/mol. The molecule has 0 aliphatic heterocycles. The molecule has 1 heterocycles. The first-order valence-corrected chi connectivity index (χ1v) is 9.02. The third-order valence-corrected chi connectivity index (χ3v) is 4.77. The molecule has 4 rings (SSSR count). The van der Waals surface area contributed by atoms with Gasteiger partial charge in [0.05, 0.1) is 17.0 Å². The van der Waals surface area contributed by atoms with Gasteiger partial charge in [0.15, 0.2) is 0 Å². The van der Waals surface area contributed by atoms with E-state index in [2.05, 4.69) is 15.5 Å². The second-order valence-corrected chi connectivity index (χ2v) is 6.98. The summed E-state index contributed by atoms with van der Waals surface area (Å²) in [6.07, 6.45) is -2.05. The van der Waals surface area contributed by atoms with E-state index in [-0.39, 0.29) is 5.91 Å². The molecule has 1 aromatic heterocycles. The molecule has 0 unspecified atom stereocenters. The maximum atomic E-state index is 12.9. The van der Waals surface area contributed by atoms with Gasteiger partial charge in [-0.3, -0.25) is 9.89 Å². The minimum Gasteiger partial charge on any atom is -0.352 e. The zero-order valence-electron chi connectivity index (χ0n) is 14.9. The lowest BCUT2D eigenvalue weighted by Gasteiger charge is -2.07. The molecule has 1 amide bonds. The molecule has 4 nitrogen and oxygen atoms in total. The van der Waals surface area contributed by atoms with Crippen LogP contribution in [0.15, 0.2) is 54.6 Å². The Morgan fingerprint density at radius 1 is 1.07 bits per heavy atom. The normalized spacial score (nSPS) is 14.1. The number of carbonyl (C=O) groups excluding carboxylic acids is 1. The maximum Gasteiger partial charge on any atom is 0.416 e. The van der Waals surface area contributed by atoms with Crippen LogP contribution in [0.4, 0.5) is 13.2 Å². The van der Waals surface area contributed by atoms with Crippen molar-refractivity contribution in [3.8, 4) is 22.5 Å². The van der Waals surface area contributed by atoms with Crippen LogP contribution in [0.1, 0.15) is 28.8 Å². The van der Waals surface area contributed by atoms with Gasteiger partial charge in [0.2, 0.25) is 0 Å². The number of nitrogens with zero attached hydrogens (tertiary/aromatic N) is 1. The fraction of sp³-hybridized carbons (Fsp3) is 0.238. The van der Waals surface area contributed by atoms with Gasteiger partial charge >= 0.3 is 6.18 Å². The number of carbonyl (C=O) groups is 1. The van der Waals surface area contributed by atoms with Crippen LogP contribution < -0.4 is 5.32 Å². The first-order chi connectivity index (χ1) is 13.4. The molecule has 0 saturated heterocycles. The van der Waals surface area contributed by atoms with E-state index in [1.54, 1.807) is 36.4 Å². The van der Waals surface area contributed by atoms with Gasteiger partial charge in [-0.1, -0.05) is 24.3 Å². The van der Waals surface area contributed by atoms with Gasteiger partial charge in [-0.05, 0) is 54.7 Å². The summed E-state index contributed by atoms with van der Waals surface area (Å²) in [7, 11) is 0. The molecule has 0 radical (unpaired) electrons. The molecule has 0 bridgehead atoms. The number of hydrogen-bond donors (Lipinski definition) is 2. The fourth-order valence-corrected chi connectivity index (χ4v) is 2.93. The summed E-state index contributed by atoms with van der Waals surface area (Å²) in [6, 6.07) is 13.8. The molecule has 3 aromatic rings. The van der Waals surface area contributed by atoms with Crippen molar-refractivity contribution in [2.24, 2.45) is 5.92 Å². The van der Waals surface area contributed by atoms with Crippen LogP contribution in [0.2, 0.25) is 0 Å². The summed E-state index contributed by atoms with van der Waals surface area (Å²) in [5.41, 5.74) is 2.13. The zero-order valence-corrected chi connectivity index (χ0v) is 14.9. The highest BCUT2D eigenvalue weighted by Crippen LogP contribution is 2.32. The van der Waals surface area contributed by atoms with E-state index in [0.717, 1.165) is 17.7 Å². The third kappa shape index (κ3) is 4.08. The molecule has 144 valence electrons. The van der Waals surface area contributed by atoms with Crippen molar-refractivity contribution in [2.45, 2.75) is 19.0 Å². The van der Waals surface area contributed by atoms with E-state index in [1.165, 1.54) is 18.9 Å². The highest BCUT2D eigenvalue weighted by atomic mass is 19.4. The number of aromatic amines is 1. The molecule has 1 aliphatic rings. The van der Waals surface area contributed by atoms with Crippen LogP contribution in [0.3, 0.4) is 0 Å². The SMILES string of the molecule is O=C(NCC1CC1)c1ccc(-c2cc(-c3cccc(C(F)(F)F)c3)n[nH]2)cc1. The van der Waals surface area contributed by atoms with Gasteiger partial charge in [0, 0.05) is 17.7 Å². The summed E-state index contributed by atoms with van der Waals surface area (Å²) in [6.45, 7) is 0.710. The van der Waals surface area contributed by atoms with Crippen molar-refractivity contribution in [3.05, 3.63) is 65.7 Å². The van der Waals surface area contributed by atoms with Crippen LogP contribution in [0, 0.1) is 5.92 Å². The summed E-state index contributed by atoms with van der Waals surface area (Å²) in [4.78, 5) is 12.1. The Kier molecular flexibility index (Phi) is 4.66. The van der Waals surface area contributed by atoms with Crippen molar-refractivity contribution in [3.63, 3.8) is 0 Å². The number of aromatic nitrogens is 2. The smallest absolute Gasteiger partial charge is 0.352 e. The van der Waals surface area contributed by atoms with Gasteiger partial charge in [-0.15, -0.1) is 0 Å². The quantitative estimate of drug-likeness (QED) is 0.656.